The molecule has 24 heavy (non-hydrogen) atoms. The highest BCUT2D eigenvalue weighted by Crippen LogP contribution is 2.17. The maximum absolute atomic E-state index is 13.5. The normalized spacial score (nSPS) is 11.5. The summed E-state index contributed by atoms with van der Waals surface area (Å²) in [7, 11) is 0. The fourth-order valence-corrected chi connectivity index (χ4v) is 2.51. The number of ketones is 1. The van der Waals surface area contributed by atoms with E-state index in [9.17, 15) is 18.8 Å². The standard InChI is InChI=1S/C16H15FN2O4S/c1-9(20)13-7-8-14(24-13)16(22)19-18-15(21)10(2)23-12-6-4-3-5-11(12)17/h3-8,10H,1-2H3,(H,18,21)(H,19,22)/t10-/m0/s1. The molecule has 2 amide bonds. The van der Waals surface area contributed by atoms with Gasteiger partial charge in [-0.15, -0.1) is 11.3 Å². The summed E-state index contributed by atoms with van der Waals surface area (Å²) < 4.78 is 18.7. The molecule has 2 aromatic rings. The van der Waals surface area contributed by atoms with Gasteiger partial charge in [0, 0.05) is 0 Å². The third-order valence-electron chi connectivity index (χ3n) is 2.99. The van der Waals surface area contributed by atoms with Crippen LogP contribution in [0, 0.1) is 5.82 Å². The van der Waals surface area contributed by atoms with E-state index in [0.29, 0.717) is 4.88 Å². The first kappa shape index (κ1) is 17.6. The zero-order valence-corrected chi connectivity index (χ0v) is 13.8. The molecule has 126 valence electrons. The molecule has 0 unspecified atom stereocenters. The van der Waals surface area contributed by atoms with E-state index < -0.39 is 23.7 Å². The zero-order valence-electron chi connectivity index (χ0n) is 13.0. The molecule has 0 aliphatic heterocycles. The number of carbonyl (C=O) groups is 3. The smallest absolute Gasteiger partial charge is 0.279 e. The first-order valence-corrected chi connectivity index (χ1v) is 7.82. The Morgan fingerprint density at radius 2 is 1.75 bits per heavy atom. The molecule has 2 N–H and O–H groups in total. The van der Waals surface area contributed by atoms with Gasteiger partial charge in [-0.3, -0.25) is 25.2 Å². The Balaban J connectivity index is 1.88. The van der Waals surface area contributed by atoms with Gasteiger partial charge in [-0.2, -0.15) is 0 Å². The number of ether oxygens (including phenoxy) is 1. The van der Waals surface area contributed by atoms with Crippen molar-refractivity contribution in [1.29, 1.82) is 0 Å². The van der Waals surface area contributed by atoms with Gasteiger partial charge in [-0.1, -0.05) is 12.1 Å². The molecule has 1 heterocycles. The molecule has 0 fully saturated rings. The van der Waals surface area contributed by atoms with Crippen molar-refractivity contribution in [3.63, 3.8) is 0 Å². The van der Waals surface area contributed by atoms with Gasteiger partial charge in [0.25, 0.3) is 11.8 Å². The lowest BCUT2D eigenvalue weighted by Crippen LogP contribution is -2.47. The predicted molar refractivity (Wildman–Crippen MR) is 86.4 cm³/mol. The second-order valence-electron chi connectivity index (χ2n) is 4.85. The largest absolute Gasteiger partial charge is 0.478 e. The van der Waals surface area contributed by atoms with Crippen LogP contribution in [0.15, 0.2) is 36.4 Å². The van der Waals surface area contributed by atoms with E-state index in [4.69, 9.17) is 4.74 Å². The van der Waals surface area contributed by atoms with E-state index in [-0.39, 0.29) is 16.4 Å². The van der Waals surface area contributed by atoms with E-state index >= 15 is 0 Å². The molecule has 8 heteroatoms. The average Bonchev–Trinajstić information content (AvgIpc) is 3.04. The summed E-state index contributed by atoms with van der Waals surface area (Å²) >= 11 is 1.02. The number of amides is 2. The summed E-state index contributed by atoms with van der Waals surface area (Å²) in [6.45, 7) is 2.82. The molecule has 1 aromatic heterocycles. The van der Waals surface area contributed by atoms with Crippen LogP contribution >= 0.6 is 11.3 Å². The summed E-state index contributed by atoms with van der Waals surface area (Å²) in [5.74, 6) is -1.99. The topological polar surface area (TPSA) is 84.5 Å². The minimum atomic E-state index is -1.02. The van der Waals surface area contributed by atoms with Crippen molar-refractivity contribution in [2.24, 2.45) is 0 Å². The molecule has 0 bridgehead atoms. The second-order valence-corrected chi connectivity index (χ2v) is 5.94. The second kappa shape index (κ2) is 7.69. The molecule has 1 atom stereocenters. The highest BCUT2D eigenvalue weighted by atomic mass is 32.1. The molecular formula is C16H15FN2O4S. The van der Waals surface area contributed by atoms with Gasteiger partial charge in [0.2, 0.25) is 0 Å². The third kappa shape index (κ3) is 4.39. The van der Waals surface area contributed by atoms with Gasteiger partial charge < -0.3 is 4.74 Å². The number of para-hydroxylation sites is 1. The third-order valence-corrected chi connectivity index (χ3v) is 4.17. The lowest BCUT2D eigenvalue weighted by atomic mass is 10.3. The van der Waals surface area contributed by atoms with Crippen LogP contribution < -0.4 is 15.6 Å². The first-order chi connectivity index (χ1) is 11.4. The Hall–Kier alpha value is -2.74. The van der Waals surface area contributed by atoms with Gasteiger partial charge in [0.15, 0.2) is 23.5 Å². The van der Waals surface area contributed by atoms with Crippen molar-refractivity contribution >= 4 is 28.9 Å². The minimum absolute atomic E-state index is 0.0594. The summed E-state index contributed by atoms with van der Waals surface area (Å²) in [4.78, 5) is 35.7. The minimum Gasteiger partial charge on any atom is -0.478 e. The highest BCUT2D eigenvalue weighted by Gasteiger charge is 2.18. The highest BCUT2D eigenvalue weighted by molar-refractivity contribution is 7.15. The Labute approximate surface area is 141 Å². The van der Waals surface area contributed by atoms with Crippen molar-refractivity contribution in [3.05, 3.63) is 52.0 Å². The molecule has 0 aliphatic carbocycles. The molecule has 2 rings (SSSR count). The number of Topliss-reactive ketones (excluding diaryl/α,β-unsaturated/α-hetero) is 1. The van der Waals surface area contributed by atoms with Crippen molar-refractivity contribution < 1.29 is 23.5 Å². The summed E-state index contributed by atoms with van der Waals surface area (Å²) in [5, 5.41) is 0. The van der Waals surface area contributed by atoms with Crippen LogP contribution in [0.2, 0.25) is 0 Å². The number of halogens is 1. The maximum atomic E-state index is 13.5. The average molecular weight is 350 g/mol. The lowest BCUT2D eigenvalue weighted by Gasteiger charge is -2.15. The molecule has 0 saturated heterocycles. The number of hydrazine groups is 1. The fraction of sp³-hybridized carbons (Fsp3) is 0.188. The lowest BCUT2D eigenvalue weighted by molar-refractivity contribution is -0.128. The Morgan fingerprint density at radius 3 is 2.38 bits per heavy atom. The zero-order chi connectivity index (χ0) is 17.7. The fourth-order valence-electron chi connectivity index (χ4n) is 1.72. The Kier molecular flexibility index (Phi) is 5.64. The Bertz CT molecular complexity index is 775. The monoisotopic (exact) mass is 350 g/mol. The number of hydrogen-bond acceptors (Lipinski definition) is 5. The van der Waals surface area contributed by atoms with Crippen LogP contribution in [0.5, 0.6) is 5.75 Å². The number of nitrogens with one attached hydrogen (secondary N) is 2. The molecular weight excluding hydrogens is 335 g/mol. The molecule has 0 aliphatic rings. The van der Waals surface area contributed by atoms with Gasteiger partial charge in [-0.05, 0) is 38.1 Å². The quantitative estimate of drug-likeness (QED) is 0.640. The number of carbonyl (C=O) groups excluding carboxylic acids is 3. The van der Waals surface area contributed by atoms with Crippen molar-refractivity contribution in [2.45, 2.75) is 20.0 Å². The van der Waals surface area contributed by atoms with E-state index in [1.807, 2.05) is 0 Å². The van der Waals surface area contributed by atoms with Crippen LogP contribution in [0.3, 0.4) is 0 Å². The van der Waals surface area contributed by atoms with Crippen molar-refractivity contribution in [2.75, 3.05) is 0 Å². The number of thiophene rings is 1. The van der Waals surface area contributed by atoms with Crippen LogP contribution in [0.1, 0.15) is 33.2 Å². The van der Waals surface area contributed by atoms with Gasteiger partial charge in [0.05, 0.1) is 9.75 Å². The van der Waals surface area contributed by atoms with E-state index in [2.05, 4.69) is 10.9 Å². The van der Waals surface area contributed by atoms with E-state index in [1.165, 1.54) is 44.2 Å². The van der Waals surface area contributed by atoms with Crippen molar-refractivity contribution in [1.82, 2.24) is 10.9 Å². The molecule has 6 nitrogen and oxygen atoms in total. The van der Waals surface area contributed by atoms with Crippen LogP contribution in [0.25, 0.3) is 0 Å². The molecule has 0 radical (unpaired) electrons. The first-order valence-electron chi connectivity index (χ1n) is 7.00. The maximum Gasteiger partial charge on any atom is 0.279 e. The summed E-state index contributed by atoms with van der Waals surface area (Å²) in [6.07, 6.45) is -1.02. The summed E-state index contributed by atoms with van der Waals surface area (Å²) in [5.41, 5.74) is 4.41. The molecule has 0 spiro atoms. The SMILES string of the molecule is CC(=O)c1ccc(C(=O)NNC(=O)[C@H](C)Oc2ccccc2F)s1. The predicted octanol–water partition coefficient (Wildman–Crippen LogP) is 2.32. The Morgan fingerprint density at radius 1 is 1.08 bits per heavy atom. The van der Waals surface area contributed by atoms with Crippen LogP contribution in [-0.4, -0.2) is 23.7 Å². The van der Waals surface area contributed by atoms with E-state index in [0.717, 1.165) is 11.3 Å². The molecule has 1 aromatic carbocycles. The van der Waals surface area contributed by atoms with Crippen LogP contribution in [0.4, 0.5) is 4.39 Å². The molecule has 0 saturated carbocycles. The van der Waals surface area contributed by atoms with E-state index in [1.54, 1.807) is 6.07 Å². The van der Waals surface area contributed by atoms with Gasteiger partial charge in [-0.25, -0.2) is 4.39 Å². The number of rotatable bonds is 5. The van der Waals surface area contributed by atoms with Crippen LogP contribution in [-0.2, 0) is 4.79 Å². The van der Waals surface area contributed by atoms with Gasteiger partial charge >= 0.3 is 0 Å². The van der Waals surface area contributed by atoms with Crippen molar-refractivity contribution in [3.8, 4) is 5.75 Å². The summed E-state index contributed by atoms with van der Waals surface area (Å²) in [6, 6.07) is 8.71. The number of benzene rings is 1. The number of hydrogen-bond donors (Lipinski definition) is 2. The van der Waals surface area contributed by atoms with Gasteiger partial charge in [0.1, 0.15) is 0 Å².